The Kier molecular flexibility index (Phi) is 7.37. The summed E-state index contributed by atoms with van der Waals surface area (Å²) in [5, 5.41) is 11.4. The van der Waals surface area contributed by atoms with E-state index < -0.39 is 23.9 Å². The molecule has 0 radical (unpaired) electrons. The lowest BCUT2D eigenvalue weighted by molar-refractivity contribution is -0.155. The van der Waals surface area contributed by atoms with Gasteiger partial charge in [-0.3, -0.25) is 4.79 Å². The van der Waals surface area contributed by atoms with E-state index >= 15 is 0 Å². The minimum atomic E-state index is -1.24. The van der Waals surface area contributed by atoms with Gasteiger partial charge in [0.05, 0.1) is 6.61 Å². The van der Waals surface area contributed by atoms with Gasteiger partial charge in [0, 0.05) is 6.42 Å². The number of esters is 1. The summed E-state index contributed by atoms with van der Waals surface area (Å²) in [4.78, 5) is 34.3. The molecule has 0 aliphatic heterocycles. The van der Waals surface area contributed by atoms with Crippen LogP contribution in [-0.2, 0) is 32.1 Å². The van der Waals surface area contributed by atoms with Gasteiger partial charge in [0.1, 0.15) is 18.4 Å². The number of aliphatic carboxylic acids is 1. The Morgan fingerprint density at radius 3 is 2.26 bits per heavy atom. The average molecular weight is 371 g/mol. The zero-order chi connectivity index (χ0) is 19.6. The van der Waals surface area contributed by atoms with Gasteiger partial charge in [0.2, 0.25) is 0 Å². The van der Waals surface area contributed by atoms with E-state index in [2.05, 4.69) is 10.1 Å². The fourth-order valence-corrected chi connectivity index (χ4v) is 2.31. The lowest BCUT2D eigenvalue weighted by Gasteiger charge is -2.14. The molecule has 0 aromatic heterocycles. The quantitative estimate of drug-likeness (QED) is 0.543. The summed E-state index contributed by atoms with van der Waals surface area (Å²) in [6.07, 6.45) is 0.0272. The molecule has 7 heteroatoms. The number of carbonyl (C=O) groups is 3. The van der Waals surface area contributed by atoms with Crippen molar-refractivity contribution in [1.82, 2.24) is 5.32 Å². The van der Waals surface area contributed by atoms with E-state index in [1.54, 1.807) is 31.2 Å². The zero-order valence-corrected chi connectivity index (χ0v) is 14.9. The predicted octanol–water partition coefficient (Wildman–Crippen LogP) is 1.94. The fourth-order valence-electron chi connectivity index (χ4n) is 2.31. The summed E-state index contributed by atoms with van der Waals surface area (Å²) in [6, 6.07) is 15.3. The average Bonchev–Trinajstić information content (AvgIpc) is 2.67. The molecule has 2 aromatic rings. The molecule has 2 N–H and O–H groups in total. The third-order valence-corrected chi connectivity index (χ3v) is 3.68. The van der Waals surface area contributed by atoms with Crippen molar-refractivity contribution in [3.8, 4) is 5.75 Å². The van der Waals surface area contributed by atoms with E-state index in [0.717, 1.165) is 5.56 Å². The van der Waals surface area contributed by atoms with Gasteiger partial charge in [-0.2, -0.15) is 0 Å². The minimum Gasteiger partial charge on any atom is -0.489 e. The Balaban J connectivity index is 1.93. The third kappa shape index (κ3) is 6.47. The van der Waals surface area contributed by atoms with Gasteiger partial charge < -0.3 is 19.9 Å². The van der Waals surface area contributed by atoms with Crippen molar-refractivity contribution >= 4 is 17.8 Å². The van der Waals surface area contributed by atoms with Crippen molar-refractivity contribution in [2.75, 3.05) is 6.61 Å². The number of carboxylic acid groups (broad SMARTS) is 1. The molecule has 0 bridgehead atoms. The first-order chi connectivity index (χ1) is 13.0. The molecule has 2 rings (SSSR count). The summed E-state index contributed by atoms with van der Waals surface area (Å²) in [7, 11) is 0. The van der Waals surface area contributed by atoms with Crippen molar-refractivity contribution in [1.29, 1.82) is 0 Å². The number of rotatable bonds is 8. The van der Waals surface area contributed by atoms with Gasteiger partial charge in [0.25, 0.3) is 0 Å². The molecule has 1 amide bonds. The fraction of sp³-hybridized carbons (Fsp3) is 0.250. The summed E-state index contributed by atoms with van der Waals surface area (Å²) in [5.41, 5.74) is 1.72. The van der Waals surface area contributed by atoms with Crippen molar-refractivity contribution in [3.63, 3.8) is 0 Å². The van der Waals surface area contributed by atoms with Crippen LogP contribution in [0, 0.1) is 0 Å². The van der Waals surface area contributed by atoms with E-state index in [9.17, 15) is 19.5 Å². The van der Waals surface area contributed by atoms with Crippen LogP contribution in [0.2, 0.25) is 0 Å². The minimum absolute atomic E-state index is 0.0272. The van der Waals surface area contributed by atoms with Gasteiger partial charge >= 0.3 is 17.8 Å². The maximum Gasteiger partial charge on any atom is 0.396 e. The number of benzene rings is 2. The molecule has 27 heavy (non-hydrogen) atoms. The van der Waals surface area contributed by atoms with E-state index in [4.69, 9.17) is 4.74 Å². The Hall–Kier alpha value is -3.35. The monoisotopic (exact) mass is 371 g/mol. The molecule has 0 spiro atoms. The number of carboxylic acids is 1. The molecular weight excluding hydrogens is 350 g/mol. The van der Waals surface area contributed by atoms with Crippen molar-refractivity contribution in [3.05, 3.63) is 65.7 Å². The Bertz CT molecular complexity index is 773. The predicted molar refractivity (Wildman–Crippen MR) is 97.1 cm³/mol. The standard InChI is InChI=1S/C20H21NO6/c1-2-26-20(25)18(22)21-17(19(23)24)12-14-8-10-16(11-9-14)27-13-15-6-4-3-5-7-15/h3-11,17H,2,12-13H2,1H3,(H,21,22)(H,23,24). The molecule has 0 saturated carbocycles. The summed E-state index contributed by atoms with van der Waals surface area (Å²) in [5.74, 6) is -2.78. The van der Waals surface area contributed by atoms with Crippen LogP contribution in [-0.4, -0.2) is 35.6 Å². The second-order valence-electron chi connectivity index (χ2n) is 5.71. The van der Waals surface area contributed by atoms with Crippen LogP contribution >= 0.6 is 0 Å². The molecule has 1 unspecified atom stereocenters. The maximum atomic E-state index is 11.6. The van der Waals surface area contributed by atoms with Crippen LogP contribution in [0.3, 0.4) is 0 Å². The molecule has 0 saturated heterocycles. The number of hydrogen-bond acceptors (Lipinski definition) is 5. The van der Waals surface area contributed by atoms with Crippen molar-refractivity contribution < 1.29 is 29.0 Å². The highest BCUT2D eigenvalue weighted by Crippen LogP contribution is 2.15. The van der Waals surface area contributed by atoms with Crippen LogP contribution in [0.15, 0.2) is 54.6 Å². The number of carbonyl (C=O) groups excluding carboxylic acids is 2. The maximum absolute atomic E-state index is 11.6. The molecule has 142 valence electrons. The lowest BCUT2D eigenvalue weighted by Crippen LogP contribution is -2.45. The van der Waals surface area contributed by atoms with Crippen LogP contribution in [0.1, 0.15) is 18.1 Å². The molecule has 0 heterocycles. The normalized spacial score (nSPS) is 11.3. The largest absolute Gasteiger partial charge is 0.489 e. The van der Waals surface area contributed by atoms with Crippen LogP contribution in [0.4, 0.5) is 0 Å². The van der Waals surface area contributed by atoms with Crippen molar-refractivity contribution in [2.24, 2.45) is 0 Å². The van der Waals surface area contributed by atoms with E-state index in [1.165, 1.54) is 0 Å². The van der Waals surface area contributed by atoms with Gasteiger partial charge in [-0.15, -0.1) is 0 Å². The number of hydrogen-bond donors (Lipinski definition) is 2. The van der Waals surface area contributed by atoms with Crippen molar-refractivity contribution in [2.45, 2.75) is 26.0 Å². The van der Waals surface area contributed by atoms with Crippen LogP contribution < -0.4 is 10.1 Å². The smallest absolute Gasteiger partial charge is 0.396 e. The van der Waals surface area contributed by atoms with Gasteiger partial charge in [-0.1, -0.05) is 42.5 Å². The van der Waals surface area contributed by atoms with Crippen LogP contribution in [0.5, 0.6) is 5.75 Å². The summed E-state index contributed by atoms with van der Waals surface area (Å²) < 4.78 is 10.2. The first kappa shape index (κ1) is 20.0. The van der Waals surface area contributed by atoms with Gasteiger partial charge in [0.15, 0.2) is 0 Å². The first-order valence-electron chi connectivity index (χ1n) is 8.45. The highest BCUT2D eigenvalue weighted by atomic mass is 16.5. The molecular formula is C20H21NO6. The molecule has 2 aromatic carbocycles. The van der Waals surface area contributed by atoms with Crippen LogP contribution in [0.25, 0.3) is 0 Å². The lowest BCUT2D eigenvalue weighted by atomic mass is 10.1. The Morgan fingerprint density at radius 1 is 1.00 bits per heavy atom. The van der Waals surface area contributed by atoms with E-state index in [1.807, 2.05) is 30.3 Å². The molecule has 0 fully saturated rings. The highest BCUT2D eigenvalue weighted by molar-refractivity contribution is 6.32. The second-order valence-corrected chi connectivity index (χ2v) is 5.71. The number of nitrogens with one attached hydrogen (secondary N) is 1. The highest BCUT2D eigenvalue weighted by Gasteiger charge is 2.24. The number of amides is 1. The Labute approximate surface area is 156 Å². The summed E-state index contributed by atoms with van der Waals surface area (Å²) in [6.45, 7) is 2.02. The SMILES string of the molecule is CCOC(=O)C(=O)NC(Cc1ccc(OCc2ccccc2)cc1)C(=O)O. The second kappa shape index (κ2) is 9.96. The molecule has 0 aliphatic rings. The molecule has 1 atom stereocenters. The Morgan fingerprint density at radius 2 is 1.67 bits per heavy atom. The topological polar surface area (TPSA) is 102 Å². The first-order valence-corrected chi connectivity index (χ1v) is 8.45. The van der Waals surface area contributed by atoms with E-state index in [-0.39, 0.29) is 13.0 Å². The van der Waals surface area contributed by atoms with Gasteiger partial charge in [-0.25, -0.2) is 9.59 Å². The number of ether oxygens (including phenoxy) is 2. The zero-order valence-electron chi connectivity index (χ0n) is 14.9. The van der Waals surface area contributed by atoms with E-state index in [0.29, 0.717) is 17.9 Å². The van der Waals surface area contributed by atoms with Gasteiger partial charge in [-0.05, 0) is 30.2 Å². The third-order valence-electron chi connectivity index (χ3n) is 3.68. The molecule has 0 aliphatic carbocycles. The summed E-state index contributed by atoms with van der Waals surface area (Å²) >= 11 is 0. The molecule has 7 nitrogen and oxygen atoms in total.